The number of rotatable bonds is 11. The van der Waals surface area contributed by atoms with Gasteiger partial charge in [0.15, 0.2) is 0 Å². The van der Waals surface area contributed by atoms with E-state index in [1.54, 1.807) is 0 Å². The first-order valence-electron chi connectivity index (χ1n) is 11.9. The molecule has 0 heterocycles. The Bertz CT molecular complexity index is 992. The van der Waals surface area contributed by atoms with Gasteiger partial charge >= 0.3 is 12.1 Å². The maximum atomic E-state index is 12.4. The smallest absolute Gasteiger partial charge is 0.407 e. The zero-order chi connectivity index (χ0) is 24.7. The fourth-order valence-electron chi connectivity index (χ4n) is 4.58. The highest BCUT2D eigenvalue weighted by molar-refractivity contribution is 5.86. The maximum absolute atomic E-state index is 12.4. The molecule has 1 aliphatic rings. The van der Waals surface area contributed by atoms with Crippen LogP contribution >= 0.6 is 0 Å². The Labute approximate surface area is 200 Å². The molecule has 2 atom stereocenters. The van der Waals surface area contributed by atoms with Crippen molar-refractivity contribution in [1.29, 1.82) is 0 Å². The second-order valence-electron chi connectivity index (χ2n) is 9.20. The third kappa shape index (κ3) is 5.95. The minimum atomic E-state index is -1.25. The average molecular weight is 467 g/mol. The van der Waals surface area contributed by atoms with E-state index in [1.165, 1.54) is 18.1 Å². The largest absolute Gasteiger partial charge is 0.480 e. The van der Waals surface area contributed by atoms with Gasteiger partial charge in [0.25, 0.3) is 0 Å². The molecule has 34 heavy (non-hydrogen) atoms. The van der Waals surface area contributed by atoms with Gasteiger partial charge in [0.1, 0.15) is 12.1 Å². The Morgan fingerprint density at radius 3 is 2.21 bits per heavy atom. The number of hydrogen-bond donors (Lipinski definition) is 3. The Morgan fingerprint density at radius 2 is 1.65 bits per heavy atom. The zero-order valence-electron chi connectivity index (χ0n) is 20.1. The molecule has 3 rings (SSSR count). The summed E-state index contributed by atoms with van der Waals surface area (Å²) in [6.45, 7) is 5.51. The number of carbonyl (C=O) groups excluding carboxylic acids is 2. The number of amides is 2. The van der Waals surface area contributed by atoms with Crippen molar-refractivity contribution in [2.24, 2.45) is 0 Å². The van der Waals surface area contributed by atoms with Crippen LogP contribution in [0.1, 0.15) is 69.9 Å². The molecule has 7 heteroatoms. The molecule has 0 fully saturated rings. The van der Waals surface area contributed by atoms with Gasteiger partial charge in [0.2, 0.25) is 5.91 Å². The van der Waals surface area contributed by atoms with Gasteiger partial charge in [0.05, 0.1) is 0 Å². The molecule has 2 aromatic carbocycles. The molecular weight excluding hydrogens is 432 g/mol. The van der Waals surface area contributed by atoms with E-state index in [-0.39, 0.29) is 30.9 Å². The molecule has 0 radical (unpaired) electrons. The summed E-state index contributed by atoms with van der Waals surface area (Å²) in [6.07, 6.45) is 1.84. The maximum Gasteiger partial charge on any atom is 0.407 e. The number of benzene rings is 2. The summed E-state index contributed by atoms with van der Waals surface area (Å²) >= 11 is 0. The summed E-state index contributed by atoms with van der Waals surface area (Å²) < 4.78 is 5.56. The van der Waals surface area contributed by atoms with Gasteiger partial charge < -0.3 is 20.5 Å². The van der Waals surface area contributed by atoms with Crippen molar-refractivity contribution in [1.82, 2.24) is 10.6 Å². The van der Waals surface area contributed by atoms with E-state index in [2.05, 4.69) is 34.9 Å². The molecule has 3 N–H and O–H groups in total. The van der Waals surface area contributed by atoms with Crippen molar-refractivity contribution < 1.29 is 24.2 Å². The molecule has 0 spiro atoms. The highest BCUT2D eigenvalue weighted by Crippen LogP contribution is 2.44. The lowest BCUT2D eigenvalue weighted by Crippen LogP contribution is -2.52. The van der Waals surface area contributed by atoms with Crippen LogP contribution in [0.25, 0.3) is 11.1 Å². The lowest BCUT2D eigenvalue weighted by atomic mass is 9.96. The minimum absolute atomic E-state index is 0.00354. The molecule has 2 aromatic rings. The first-order valence-corrected chi connectivity index (χ1v) is 11.9. The molecule has 182 valence electrons. The number of alkyl carbamates (subject to hydrolysis) is 1. The van der Waals surface area contributed by atoms with Gasteiger partial charge in [-0.05, 0) is 55.4 Å². The second kappa shape index (κ2) is 11.2. The number of ether oxygens (including phenoxy) is 1. The molecule has 0 aromatic heterocycles. The lowest BCUT2D eigenvalue weighted by molar-refractivity contribution is -0.147. The predicted octanol–water partition coefficient (Wildman–Crippen LogP) is 4.84. The first kappa shape index (κ1) is 25.3. The van der Waals surface area contributed by atoms with E-state index in [4.69, 9.17) is 4.74 Å². The van der Waals surface area contributed by atoms with E-state index >= 15 is 0 Å². The molecular formula is C27H34N2O5. The van der Waals surface area contributed by atoms with Gasteiger partial charge in [-0.2, -0.15) is 0 Å². The van der Waals surface area contributed by atoms with Crippen molar-refractivity contribution in [2.75, 3.05) is 6.61 Å². The average Bonchev–Trinajstić information content (AvgIpc) is 3.11. The summed E-state index contributed by atoms with van der Waals surface area (Å²) in [4.78, 5) is 36.1. The lowest BCUT2D eigenvalue weighted by Gasteiger charge is -2.25. The Hall–Kier alpha value is -3.35. The number of aliphatic carboxylic acids is 1. The normalized spacial score (nSPS) is 14.9. The summed E-state index contributed by atoms with van der Waals surface area (Å²) in [7, 11) is 0. The standard InChI is InChI=1S/C27H34N2O5/c1-4-16-27(3,25(31)32)29-24(30)15-9-10-18(2)28-26(33)34-17-23-21-13-7-5-11-19(21)20-12-6-8-14-22(20)23/h5-8,11-14,18,23H,4,9-10,15-17H2,1-3H3,(H,28,33)(H,29,30)(H,31,32). The first-order chi connectivity index (χ1) is 16.2. The number of fused-ring (bicyclic) bond motifs is 3. The van der Waals surface area contributed by atoms with Gasteiger partial charge in [0, 0.05) is 18.4 Å². The van der Waals surface area contributed by atoms with Gasteiger partial charge in [-0.3, -0.25) is 4.79 Å². The Balaban J connectivity index is 1.44. The van der Waals surface area contributed by atoms with Crippen LogP contribution in [0.15, 0.2) is 48.5 Å². The van der Waals surface area contributed by atoms with E-state index in [0.29, 0.717) is 25.7 Å². The molecule has 0 bridgehead atoms. The molecule has 0 aliphatic heterocycles. The number of hydrogen-bond acceptors (Lipinski definition) is 4. The molecule has 2 amide bonds. The Morgan fingerprint density at radius 1 is 1.06 bits per heavy atom. The Kier molecular flexibility index (Phi) is 8.31. The minimum Gasteiger partial charge on any atom is -0.480 e. The van der Waals surface area contributed by atoms with Crippen LogP contribution < -0.4 is 10.6 Å². The van der Waals surface area contributed by atoms with Crippen molar-refractivity contribution in [2.45, 2.75) is 70.4 Å². The van der Waals surface area contributed by atoms with Gasteiger partial charge in [-0.1, -0.05) is 61.9 Å². The number of carbonyl (C=O) groups is 3. The molecule has 1 aliphatic carbocycles. The quantitative estimate of drug-likeness (QED) is 0.439. The number of carboxylic acid groups (broad SMARTS) is 1. The number of nitrogens with one attached hydrogen (secondary N) is 2. The van der Waals surface area contributed by atoms with Crippen molar-refractivity contribution >= 4 is 18.0 Å². The van der Waals surface area contributed by atoms with Crippen molar-refractivity contribution in [3.05, 3.63) is 59.7 Å². The topological polar surface area (TPSA) is 105 Å². The summed E-state index contributed by atoms with van der Waals surface area (Å²) in [5.74, 6) is -1.33. The van der Waals surface area contributed by atoms with Crippen LogP contribution in [0.3, 0.4) is 0 Å². The second-order valence-corrected chi connectivity index (χ2v) is 9.20. The van der Waals surface area contributed by atoms with Gasteiger partial charge in [-0.25, -0.2) is 9.59 Å². The summed E-state index contributed by atoms with van der Waals surface area (Å²) in [5.41, 5.74) is 3.42. The highest BCUT2D eigenvalue weighted by atomic mass is 16.5. The highest BCUT2D eigenvalue weighted by Gasteiger charge is 2.33. The molecule has 2 unspecified atom stereocenters. The third-order valence-electron chi connectivity index (χ3n) is 6.39. The fraction of sp³-hybridized carbons (Fsp3) is 0.444. The SMILES string of the molecule is CCCC(C)(NC(=O)CCCC(C)NC(=O)OCC1c2ccccc2-c2ccccc21)C(=O)O. The summed E-state index contributed by atoms with van der Waals surface area (Å²) in [5, 5.41) is 14.8. The van der Waals surface area contributed by atoms with Crippen molar-refractivity contribution in [3.63, 3.8) is 0 Å². The molecule has 0 saturated heterocycles. The zero-order valence-corrected chi connectivity index (χ0v) is 20.1. The number of carboxylic acids is 1. The van der Waals surface area contributed by atoms with E-state index in [0.717, 1.165) is 11.1 Å². The summed E-state index contributed by atoms with van der Waals surface area (Å²) in [6, 6.07) is 16.2. The van der Waals surface area contributed by atoms with E-state index in [1.807, 2.05) is 38.1 Å². The fourth-order valence-corrected chi connectivity index (χ4v) is 4.58. The van der Waals surface area contributed by atoms with Crippen LogP contribution in [0, 0.1) is 0 Å². The predicted molar refractivity (Wildman–Crippen MR) is 131 cm³/mol. The molecule has 7 nitrogen and oxygen atoms in total. The monoisotopic (exact) mass is 466 g/mol. The van der Waals surface area contributed by atoms with Crippen LogP contribution in [-0.4, -0.2) is 41.3 Å². The van der Waals surface area contributed by atoms with E-state index in [9.17, 15) is 19.5 Å². The van der Waals surface area contributed by atoms with Crippen LogP contribution in [-0.2, 0) is 14.3 Å². The molecule has 0 saturated carbocycles. The third-order valence-corrected chi connectivity index (χ3v) is 6.39. The van der Waals surface area contributed by atoms with Crippen LogP contribution in [0.5, 0.6) is 0 Å². The van der Waals surface area contributed by atoms with Crippen LogP contribution in [0.2, 0.25) is 0 Å². The van der Waals surface area contributed by atoms with E-state index < -0.39 is 17.6 Å². The van der Waals surface area contributed by atoms with Gasteiger partial charge in [-0.15, -0.1) is 0 Å². The van der Waals surface area contributed by atoms with Crippen molar-refractivity contribution in [3.8, 4) is 11.1 Å². The van der Waals surface area contributed by atoms with Crippen LogP contribution in [0.4, 0.5) is 4.79 Å².